The summed E-state index contributed by atoms with van der Waals surface area (Å²) in [6.45, 7) is 5.53. The van der Waals surface area contributed by atoms with Crippen molar-refractivity contribution in [2.45, 2.75) is 26.2 Å². The van der Waals surface area contributed by atoms with Gasteiger partial charge in [0.05, 0.1) is 11.7 Å². The Morgan fingerprint density at radius 3 is 2.53 bits per heavy atom. The van der Waals surface area contributed by atoms with E-state index in [2.05, 4.69) is 10.2 Å². The predicted octanol–water partition coefficient (Wildman–Crippen LogP) is 3.14. The molecule has 0 bridgehead atoms. The number of rotatable bonds is 0. The Bertz CT molecular complexity index is 509. The van der Waals surface area contributed by atoms with E-state index in [1.54, 1.807) is 0 Å². The van der Waals surface area contributed by atoms with Crippen LogP contribution in [-0.2, 0) is 5.41 Å². The van der Waals surface area contributed by atoms with Crippen LogP contribution in [-0.4, -0.2) is 10.2 Å². The van der Waals surface area contributed by atoms with Crippen LogP contribution in [0.2, 0.25) is 0 Å². The lowest BCUT2D eigenvalue weighted by Gasteiger charge is -2.20. The van der Waals surface area contributed by atoms with Crippen LogP contribution in [0.3, 0.4) is 0 Å². The molecule has 0 radical (unpaired) electrons. The van der Waals surface area contributed by atoms with Gasteiger partial charge in [-0.15, -0.1) is 0 Å². The van der Waals surface area contributed by atoms with Gasteiger partial charge >= 0.3 is 0 Å². The summed E-state index contributed by atoms with van der Waals surface area (Å²) in [4.78, 5) is 0. The van der Waals surface area contributed by atoms with Crippen LogP contribution < -0.4 is 0 Å². The number of benzene rings is 1. The summed E-state index contributed by atoms with van der Waals surface area (Å²) in [5.74, 6) is -1.62. The number of hydrogen-bond donors (Lipinski definition) is 1. The summed E-state index contributed by atoms with van der Waals surface area (Å²) >= 11 is 0. The van der Waals surface area contributed by atoms with Crippen LogP contribution in [0.5, 0.6) is 0 Å². The van der Waals surface area contributed by atoms with Crippen molar-refractivity contribution in [3.63, 3.8) is 0 Å². The number of halogens is 2. The fourth-order valence-corrected chi connectivity index (χ4v) is 1.77. The normalized spacial score (nSPS) is 12.3. The third kappa shape index (κ3) is 1.50. The molecule has 4 heteroatoms. The first-order valence-corrected chi connectivity index (χ1v) is 4.73. The van der Waals surface area contributed by atoms with Gasteiger partial charge in [0.1, 0.15) is 0 Å². The molecule has 1 N–H and O–H groups in total. The number of hydrogen-bond acceptors (Lipinski definition) is 1. The van der Waals surface area contributed by atoms with Crippen LogP contribution in [0, 0.1) is 11.6 Å². The van der Waals surface area contributed by atoms with Crippen molar-refractivity contribution in [3.05, 3.63) is 29.5 Å². The lowest BCUT2D eigenvalue weighted by atomic mass is 9.84. The average Bonchev–Trinajstić information content (AvgIpc) is 2.50. The van der Waals surface area contributed by atoms with Gasteiger partial charge in [0, 0.05) is 17.0 Å². The first kappa shape index (κ1) is 10.1. The van der Waals surface area contributed by atoms with E-state index in [4.69, 9.17) is 0 Å². The zero-order chi connectivity index (χ0) is 11.2. The minimum Gasteiger partial charge on any atom is -0.278 e. The number of nitrogens with zero attached hydrogens (tertiary/aromatic N) is 1. The minimum absolute atomic E-state index is 0.367. The van der Waals surface area contributed by atoms with Crippen LogP contribution in [0.25, 0.3) is 10.9 Å². The molecule has 0 aliphatic carbocycles. The number of aromatic amines is 1. The van der Waals surface area contributed by atoms with Crippen molar-refractivity contribution < 1.29 is 8.78 Å². The number of fused-ring (bicyclic) bond motifs is 1. The highest BCUT2D eigenvalue weighted by Gasteiger charge is 2.24. The van der Waals surface area contributed by atoms with Crippen LogP contribution in [0.15, 0.2) is 12.3 Å². The first-order chi connectivity index (χ1) is 6.91. The molecule has 1 aromatic carbocycles. The highest BCUT2D eigenvalue weighted by Crippen LogP contribution is 2.32. The monoisotopic (exact) mass is 210 g/mol. The highest BCUT2D eigenvalue weighted by atomic mass is 19.2. The molecule has 80 valence electrons. The summed E-state index contributed by atoms with van der Waals surface area (Å²) in [6.07, 6.45) is 1.53. The van der Waals surface area contributed by atoms with Gasteiger partial charge in [0.2, 0.25) is 0 Å². The molecule has 0 spiro atoms. The topological polar surface area (TPSA) is 28.7 Å². The second-order valence-electron chi connectivity index (χ2n) is 4.63. The van der Waals surface area contributed by atoms with Gasteiger partial charge in [-0.25, -0.2) is 8.78 Å². The standard InChI is InChI=1S/C11H12F2N2/c1-11(2,3)9-6-5-14-15-8(6)4-7(12)10(9)13/h4-5H,1-3H3,(H,14,15). The third-order valence-corrected chi connectivity index (χ3v) is 2.39. The summed E-state index contributed by atoms with van der Waals surface area (Å²) in [7, 11) is 0. The summed E-state index contributed by atoms with van der Waals surface area (Å²) < 4.78 is 27.0. The van der Waals surface area contributed by atoms with E-state index >= 15 is 0 Å². The summed E-state index contributed by atoms with van der Waals surface area (Å²) in [5.41, 5.74) is 0.443. The van der Waals surface area contributed by atoms with Crippen molar-refractivity contribution in [3.8, 4) is 0 Å². The highest BCUT2D eigenvalue weighted by molar-refractivity contribution is 5.83. The second-order valence-corrected chi connectivity index (χ2v) is 4.63. The van der Waals surface area contributed by atoms with Crippen molar-refractivity contribution >= 4 is 10.9 Å². The summed E-state index contributed by atoms with van der Waals surface area (Å²) in [5, 5.41) is 7.08. The Labute approximate surface area is 86.3 Å². The van der Waals surface area contributed by atoms with Crippen molar-refractivity contribution in [1.82, 2.24) is 10.2 Å². The van der Waals surface area contributed by atoms with Gasteiger partial charge in [-0.05, 0) is 5.41 Å². The van der Waals surface area contributed by atoms with E-state index in [1.807, 2.05) is 20.8 Å². The Balaban J connectivity index is 2.90. The maximum Gasteiger partial charge on any atom is 0.163 e. The largest absolute Gasteiger partial charge is 0.278 e. The first-order valence-electron chi connectivity index (χ1n) is 4.73. The van der Waals surface area contributed by atoms with E-state index in [9.17, 15) is 8.78 Å². The third-order valence-electron chi connectivity index (χ3n) is 2.39. The lowest BCUT2D eigenvalue weighted by molar-refractivity contribution is 0.469. The molecule has 0 atom stereocenters. The number of aromatic nitrogens is 2. The maximum absolute atomic E-state index is 13.7. The minimum atomic E-state index is -0.836. The molecule has 0 aliphatic rings. The molecule has 0 saturated heterocycles. The van der Waals surface area contributed by atoms with E-state index in [1.165, 1.54) is 6.20 Å². The van der Waals surface area contributed by atoms with Gasteiger partial charge in [0.25, 0.3) is 0 Å². The fraction of sp³-hybridized carbons (Fsp3) is 0.364. The van der Waals surface area contributed by atoms with Crippen molar-refractivity contribution in [2.24, 2.45) is 0 Å². The molecule has 15 heavy (non-hydrogen) atoms. The molecular formula is C11H12F2N2. The van der Waals surface area contributed by atoms with Gasteiger partial charge < -0.3 is 0 Å². The number of H-pyrrole nitrogens is 1. The van der Waals surface area contributed by atoms with E-state index in [0.29, 0.717) is 16.5 Å². The molecule has 0 aliphatic heterocycles. The Morgan fingerprint density at radius 2 is 1.93 bits per heavy atom. The van der Waals surface area contributed by atoms with Crippen LogP contribution in [0.4, 0.5) is 8.78 Å². The quantitative estimate of drug-likeness (QED) is 0.711. The molecule has 0 fully saturated rings. The predicted molar refractivity (Wildman–Crippen MR) is 54.7 cm³/mol. The molecule has 0 amide bonds. The fourth-order valence-electron chi connectivity index (χ4n) is 1.77. The second kappa shape index (κ2) is 3.02. The van der Waals surface area contributed by atoms with Gasteiger partial charge in [0.15, 0.2) is 11.6 Å². The smallest absolute Gasteiger partial charge is 0.163 e. The molecule has 1 heterocycles. The Hall–Kier alpha value is -1.45. The Morgan fingerprint density at radius 1 is 1.27 bits per heavy atom. The molecule has 1 aromatic heterocycles. The molecule has 2 nitrogen and oxygen atoms in total. The molecule has 0 unspecified atom stereocenters. The van der Waals surface area contributed by atoms with Crippen molar-refractivity contribution in [1.29, 1.82) is 0 Å². The molecule has 2 rings (SSSR count). The molecule has 2 aromatic rings. The molecular weight excluding hydrogens is 198 g/mol. The van der Waals surface area contributed by atoms with E-state index in [-0.39, 0.29) is 0 Å². The molecule has 0 saturated carbocycles. The van der Waals surface area contributed by atoms with Crippen LogP contribution in [0.1, 0.15) is 26.3 Å². The lowest BCUT2D eigenvalue weighted by Crippen LogP contribution is -2.15. The van der Waals surface area contributed by atoms with Gasteiger partial charge in [-0.3, -0.25) is 5.10 Å². The SMILES string of the molecule is CC(C)(C)c1c(F)c(F)cc2[nH]ncc12. The van der Waals surface area contributed by atoms with Crippen molar-refractivity contribution in [2.75, 3.05) is 0 Å². The van der Waals surface area contributed by atoms with E-state index < -0.39 is 17.0 Å². The van der Waals surface area contributed by atoms with Gasteiger partial charge in [-0.1, -0.05) is 20.8 Å². The average molecular weight is 210 g/mol. The van der Waals surface area contributed by atoms with Crippen LogP contribution >= 0.6 is 0 Å². The van der Waals surface area contributed by atoms with E-state index in [0.717, 1.165) is 6.07 Å². The Kier molecular flexibility index (Phi) is 2.03. The zero-order valence-electron chi connectivity index (χ0n) is 8.86. The maximum atomic E-state index is 13.7. The summed E-state index contributed by atoms with van der Waals surface area (Å²) in [6, 6.07) is 1.13. The van der Waals surface area contributed by atoms with Gasteiger partial charge in [-0.2, -0.15) is 5.10 Å². The number of nitrogens with one attached hydrogen (secondary N) is 1. The zero-order valence-corrected chi connectivity index (χ0v) is 8.86.